The Bertz CT molecular complexity index is 1570. The molecule has 0 atom stereocenters. The van der Waals surface area contributed by atoms with E-state index in [-0.39, 0.29) is 33.0 Å². The Balaban J connectivity index is 1.42. The molecule has 11 heteroatoms. The summed E-state index contributed by atoms with van der Waals surface area (Å²) < 4.78 is 4.90. The molecule has 40 heavy (non-hydrogen) atoms. The first-order valence-electron chi connectivity index (χ1n) is 11.9. The summed E-state index contributed by atoms with van der Waals surface area (Å²) in [6.45, 7) is 1.64. The standard InChI is InChI=1S/C29H24ClN3O5S2/c1-17-24(29(37)38-2)28(40-25(17)27(36)31-20-10-4-3-5-11-20)33-23(34)16-39-22-13-7-12-21(15-22)32-26(35)18-8-6-9-19(30)14-18/h3-15H,16H2,1-2H3,(H,31,36)(H,32,35)(H,33,34). The summed E-state index contributed by atoms with van der Waals surface area (Å²) in [4.78, 5) is 51.8. The van der Waals surface area contributed by atoms with Gasteiger partial charge >= 0.3 is 5.97 Å². The van der Waals surface area contributed by atoms with Crippen LogP contribution in [0.2, 0.25) is 5.02 Å². The molecule has 0 saturated carbocycles. The van der Waals surface area contributed by atoms with E-state index in [9.17, 15) is 19.2 Å². The van der Waals surface area contributed by atoms with Gasteiger partial charge in [-0.05, 0) is 61.0 Å². The van der Waals surface area contributed by atoms with Crippen LogP contribution in [0, 0.1) is 6.92 Å². The smallest absolute Gasteiger partial charge is 0.341 e. The quantitative estimate of drug-likeness (QED) is 0.146. The Morgan fingerprint density at radius 1 is 0.850 bits per heavy atom. The van der Waals surface area contributed by atoms with Crippen LogP contribution in [0.5, 0.6) is 0 Å². The minimum atomic E-state index is -0.654. The summed E-state index contributed by atoms with van der Waals surface area (Å²) in [5.41, 5.74) is 2.14. The number of hydrogen-bond acceptors (Lipinski definition) is 7. The highest BCUT2D eigenvalue weighted by molar-refractivity contribution is 8.00. The molecule has 0 radical (unpaired) electrons. The number of esters is 1. The summed E-state index contributed by atoms with van der Waals surface area (Å²) >= 11 is 8.23. The lowest BCUT2D eigenvalue weighted by Gasteiger charge is -2.08. The molecule has 8 nitrogen and oxygen atoms in total. The van der Waals surface area contributed by atoms with E-state index in [1.165, 1.54) is 18.9 Å². The average molecular weight is 594 g/mol. The van der Waals surface area contributed by atoms with Crippen LogP contribution in [-0.2, 0) is 9.53 Å². The number of anilines is 3. The number of carbonyl (C=O) groups excluding carboxylic acids is 4. The van der Waals surface area contributed by atoms with Crippen LogP contribution in [0.4, 0.5) is 16.4 Å². The zero-order valence-electron chi connectivity index (χ0n) is 21.4. The number of carbonyl (C=O) groups is 4. The molecule has 0 bridgehead atoms. The highest BCUT2D eigenvalue weighted by Crippen LogP contribution is 2.34. The fraction of sp³-hybridized carbons (Fsp3) is 0.103. The van der Waals surface area contributed by atoms with E-state index in [1.54, 1.807) is 73.7 Å². The van der Waals surface area contributed by atoms with Crippen LogP contribution in [0.1, 0.15) is 36.0 Å². The Kier molecular flexibility index (Phi) is 9.60. The van der Waals surface area contributed by atoms with Gasteiger partial charge in [0.1, 0.15) is 5.00 Å². The van der Waals surface area contributed by atoms with E-state index in [1.807, 2.05) is 12.1 Å². The van der Waals surface area contributed by atoms with Crippen LogP contribution in [0.15, 0.2) is 83.8 Å². The highest BCUT2D eigenvalue weighted by Gasteiger charge is 2.26. The third-order valence-corrected chi connectivity index (χ3v) is 8.01. The average Bonchev–Trinajstić information content (AvgIpc) is 3.27. The molecule has 1 aromatic heterocycles. The number of halogens is 1. The number of thioether (sulfide) groups is 1. The minimum absolute atomic E-state index is 0.0226. The van der Waals surface area contributed by atoms with Gasteiger partial charge in [-0.2, -0.15) is 0 Å². The van der Waals surface area contributed by atoms with Gasteiger partial charge in [0.2, 0.25) is 5.91 Å². The topological polar surface area (TPSA) is 114 Å². The second-order valence-corrected chi connectivity index (χ2v) is 10.9. The van der Waals surface area contributed by atoms with Crippen molar-refractivity contribution < 1.29 is 23.9 Å². The molecular weight excluding hydrogens is 570 g/mol. The third-order valence-electron chi connectivity index (χ3n) is 5.58. The maximum absolute atomic E-state index is 12.9. The fourth-order valence-corrected chi connectivity index (χ4v) is 5.74. The van der Waals surface area contributed by atoms with Gasteiger partial charge in [0.15, 0.2) is 0 Å². The Morgan fingerprint density at radius 2 is 1.55 bits per heavy atom. The number of nitrogens with one attached hydrogen (secondary N) is 3. The van der Waals surface area contributed by atoms with Crippen molar-refractivity contribution in [2.24, 2.45) is 0 Å². The molecule has 0 aliphatic heterocycles. The van der Waals surface area contributed by atoms with Crippen molar-refractivity contribution >= 4 is 74.8 Å². The zero-order chi connectivity index (χ0) is 28.6. The van der Waals surface area contributed by atoms with Gasteiger partial charge in [-0.3, -0.25) is 14.4 Å². The number of benzene rings is 3. The second-order valence-electron chi connectivity index (χ2n) is 8.40. The predicted molar refractivity (Wildman–Crippen MR) is 160 cm³/mol. The number of hydrogen-bond donors (Lipinski definition) is 3. The van der Waals surface area contributed by atoms with Gasteiger partial charge < -0.3 is 20.7 Å². The van der Waals surface area contributed by atoms with E-state index < -0.39 is 11.9 Å². The molecule has 0 fully saturated rings. The maximum atomic E-state index is 12.9. The lowest BCUT2D eigenvalue weighted by atomic mass is 10.1. The van der Waals surface area contributed by atoms with Crippen LogP contribution in [-0.4, -0.2) is 36.6 Å². The molecule has 4 rings (SSSR count). The van der Waals surface area contributed by atoms with Crippen molar-refractivity contribution in [2.45, 2.75) is 11.8 Å². The molecule has 204 valence electrons. The van der Waals surface area contributed by atoms with Crippen molar-refractivity contribution in [3.8, 4) is 0 Å². The van der Waals surface area contributed by atoms with Crippen LogP contribution >= 0.6 is 34.7 Å². The first kappa shape index (κ1) is 28.9. The molecule has 0 spiro atoms. The molecule has 0 aliphatic carbocycles. The van der Waals surface area contributed by atoms with E-state index in [0.29, 0.717) is 27.5 Å². The second kappa shape index (κ2) is 13.3. The first-order valence-corrected chi connectivity index (χ1v) is 14.1. The number of para-hydroxylation sites is 1. The van der Waals surface area contributed by atoms with Crippen molar-refractivity contribution in [2.75, 3.05) is 28.8 Å². The predicted octanol–water partition coefficient (Wildman–Crippen LogP) is 6.73. The van der Waals surface area contributed by atoms with Crippen molar-refractivity contribution in [1.82, 2.24) is 0 Å². The number of ether oxygens (including phenoxy) is 1. The normalized spacial score (nSPS) is 10.5. The van der Waals surface area contributed by atoms with Crippen LogP contribution in [0.25, 0.3) is 0 Å². The monoisotopic (exact) mass is 593 g/mol. The van der Waals surface area contributed by atoms with E-state index in [4.69, 9.17) is 16.3 Å². The van der Waals surface area contributed by atoms with Crippen LogP contribution in [0.3, 0.4) is 0 Å². The highest BCUT2D eigenvalue weighted by atomic mass is 35.5. The van der Waals surface area contributed by atoms with Gasteiger partial charge in [0.05, 0.1) is 23.3 Å². The summed E-state index contributed by atoms with van der Waals surface area (Å²) in [6, 6.07) is 22.6. The summed E-state index contributed by atoms with van der Waals surface area (Å²) in [6.07, 6.45) is 0. The summed E-state index contributed by atoms with van der Waals surface area (Å²) in [7, 11) is 1.24. The SMILES string of the molecule is COC(=O)c1c(NC(=O)CSc2cccc(NC(=O)c3cccc(Cl)c3)c2)sc(C(=O)Nc2ccccc2)c1C. The lowest BCUT2D eigenvalue weighted by Crippen LogP contribution is -2.16. The number of thiophene rings is 1. The third kappa shape index (κ3) is 7.29. The number of rotatable bonds is 9. The summed E-state index contributed by atoms with van der Waals surface area (Å²) in [5, 5.41) is 9.05. The molecule has 0 unspecified atom stereocenters. The van der Waals surface area contributed by atoms with Gasteiger partial charge in [-0.1, -0.05) is 41.9 Å². The molecule has 3 amide bonds. The van der Waals surface area contributed by atoms with Crippen molar-refractivity contribution in [3.05, 3.63) is 105 Å². The van der Waals surface area contributed by atoms with Crippen LogP contribution < -0.4 is 16.0 Å². The molecule has 0 aliphatic rings. The fourth-order valence-electron chi connectivity index (χ4n) is 3.68. The Morgan fingerprint density at radius 3 is 2.27 bits per heavy atom. The van der Waals surface area contributed by atoms with E-state index >= 15 is 0 Å². The first-order chi connectivity index (χ1) is 19.2. The lowest BCUT2D eigenvalue weighted by molar-refractivity contribution is -0.113. The Labute approximate surface area is 244 Å². The molecule has 3 N–H and O–H groups in total. The van der Waals surface area contributed by atoms with Crippen molar-refractivity contribution in [3.63, 3.8) is 0 Å². The molecule has 4 aromatic rings. The molecule has 3 aromatic carbocycles. The number of methoxy groups -OCH3 is 1. The maximum Gasteiger partial charge on any atom is 0.341 e. The van der Waals surface area contributed by atoms with E-state index in [0.717, 1.165) is 16.2 Å². The van der Waals surface area contributed by atoms with E-state index in [2.05, 4.69) is 16.0 Å². The van der Waals surface area contributed by atoms with Gasteiger partial charge in [-0.15, -0.1) is 23.1 Å². The molecule has 0 saturated heterocycles. The largest absolute Gasteiger partial charge is 0.465 e. The Hall–Kier alpha value is -4.12. The number of amides is 3. The summed E-state index contributed by atoms with van der Waals surface area (Å²) in [5.74, 6) is -1.71. The minimum Gasteiger partial charge on any atom is -0.465 e. The molecular formula is C29H24ClN3O5S2. The van der Waals surface area contributed by atoms with Crippen molar-refractivity contribution in [1.29, 1.82) is 0 Å². The molecule has 1 heterocycles. The van der Waals surface area contributed by atoms with Gasteiger partial charge in [-0.25, -0.2) is 4.79 Å². The zero-order valence-corrected chi connectivity index (χ0v) is 23.8. The van der Waals surface area contributed by atoms with Gasteiger partial charge in [0.25, 0.3) is 11.8 Å². The van der Waals surface area contributed by atoms with Gasteiger partial charge in [0, 0.05) is 26.9 Å².